The van der Waals surface area contributed by atoms with Crippen molar-refractivity contribution in [3.8, 4) is 11.5 Å². The molecular weight excluding hydrogens is 336 g/mol. The second kappa shape index (κ2) is 9.04. The van der Waals surface area contributed by atoms with Gasteiger partial charge in [0, 0.05) is 0 Å². The van der Waals surface area contributed by atoms with Crippen molar-refractivity contribution >= 4 is 5.97 Å². The third-order valence-corrected chi connectivity index (χ3v) is 4.09. The van der Waals surface area contributed by atoms with E-state index in [1.165, 1.54) is 5.56 Å². The summed E-state index contributed by atoms with van der Waals surface area (Å²) >= 11 is 0. The van der Waals surface area contributed by atoms with Crippen LogP contribution in [0.4, 0.5) is 0 Å². The summed E-state index contributed by atoms with van der Waals surface area (Å²) in [7, 11) is 0. The van der Waals surface area contributed by atoms with Crippen LogP contribution in [0.5, 0.6) is 11.5 Å². The van der Waals surface area contributed by atoms with Gasteiger partial charge in [0.25, 0.3) is 0 Å². The summed E-state index contributed by atoms with van der Waals surface area (Å²) in [6.07, 6.45) is 1.06. The summed E-state index contributed by atoms with van der Waals surface area (Å²) in [5.41, 5.74) is 2.74. The maximum atomic E-state index is 12.3. The Morgan fingerprint density at radius 2 is 1.56 bits per heavy atom. The Bertz CT molecular complexity index is 868. The smallest absolute Gasteiger partial charge is 0.343 e. The molecule has 0 aromatic heterocycles. The first-order valence-electron chi connectivity index (χ1n) is 9.18. The van der Waals surface area contributed by atoms with Crippen LogP contribution in [0.1, 0.15) is 35.3 Å². The Kier molecular flexibility index (Phi) is 6.26. The van der Waals surface area contributed by atoms with Gasteiger partial charge >= 0.3 is 5.97 Å². The van der Waals surface area contributed by atoms with E-state index in [0.29, 0.717) is 23.8 Å². The van der Waals surface area contributed by atoms with E-state index in [1.54, 1.807) is 24.3 Å². The third-order valence-electron chi connectivity index (χ3n) is 4.09. The first-order chi connectivity index (χ1) is 13.1. The molecule has 0 atom stereocenters. The molecule has 0 saturated heterocycles. The van der Waals surface area contributed by atoms with E-state index in [9.17, 15) is 4.79 Å². The number of rotatable bonds is 7. The van der Waals surface area contributed by atoms with E-state index < -0.39 is 0 Å². The molecule has 3 aromatic carbocycles. The molecule has 0 radical (unpaired) electrons. The summed E-state index contributed by atoms with van der Waals surface area (Å²) in [5.74, 6) is 1.61. The van der Waals surface area contributed by atoms with Crippen LogP contribution in [0.2, 0.25) is 0 Å². The Morgan fingerprint density at radius 1 is 0.815 bits per heavy atom. The second-order valence-electron chi connectivity index (χ2n) is 6.93. The third kappa shape index (κ3) is 5.71. The van der Waals surface area contributed by atoms with Gasteiger partial charge in [-0.05, 0) is 59.9 Å². The van der Waals surface area contributed by atoms with E-state index in [1.807, 2.05) is 42.5 Å². The van der Waals surface area contributed by atoms with Crippen LogP contribution in [-0.4, -0.2) is 5.97 Å². The largest absolute Gasteiger partial charge is 0.489 e. The van der Waals surface area contributed by atoms with Gasteiger partial charge in [-0.2, -0.15) is 0 Å². The maximum Gasteiger partial charge on any atom is 0.343 e. The lowest BCUT2D eigenvalue weighted by atomic mass is 10.0. The summed E-state index contributed by atoms with van der Waals surface area (Å²) in [6.45, 7) is 4.82. The van der Waals surface area contributed by atoms with Gasteiger partial charge in [0.1, 0.15) is 18.1 Å². The summed E-state index contributed by atoms with van der Waals surface area (Å²) < 4.78 is 11.2. The second-order valence-corrected chi connectivity index (χ2v) is 6.93. The molecule has 3 aromatic rings. The van der Waals surface area contributed by atoms with Crippen LogP contribution < -0.4 is 9.47 Å². The standard InChI is InChI=1S/C24H24O3/c1-18(2)15-19-11-13-22(14-12-19)26-17-20-7-6-8-21(16-20)24(25)27-23-9-4-3-5-10-23/h3-14,16,18H,15,17H2,1-2H3. The lowest BCUT2D eigenvalue weighted by molar-refractivity contribution is 0.0734. The van der Waals surface area contributed by atoms with Crippen LogP contribution in [0, 0.1) is 5.92 Å². The fourth-order valence-electron chi connectivity index (χ4n) is 2.80. The Morgan fingerprint density at radius 3 is 2.26 bits per heavy atom. The number of esters is 1. The van der Waals surface area contributed by atoms with Crippen molar-refractivity contribution in [2.45, 2.75) is 26.9 Å². The number of hydrogen-bond acceptors (Lipinski definition) is 3. The zero-order valence-corrected chi connectivity index (χ0v) is 15.7. The number of carbonyl (C=O) groups excluding carboxylic acids is 1. The first-order valence-corrected chi connectivity index (χ1v) is 9.18. The number of hydrogen-bond donors (Lipinski definition) is 0. The highest BCUT2D eigenvalue weighted by atomic mass is 16.5. The van der Waals surface area contributed by atoms with Crippen LogP contribution in [0.25, 0.3) is 0 Å². The molecule has 0 N–H and O–H groups in total. The lowest BCUT2D eigenvalue weighted by Gasteiger charge is -2.10. The molecule has 0 aliphatic heterocycles. The fourth-order valence-corrected chi connectivity index (χ4v) is 2.80. The molecule has 0 heterocycles. The number of benzene rings is 3. The van der Waals surface area contributed by atoms with Crippen molar-refractivity contribution in [3.63, 3.8) is 0 Å². The molecule has 0 amide bonds. The number of ether oxygens (including phenoxy) is 2. The molecule has 0 spiro atoms. The normalized spacial score (nSPS) is 10.6. The van der Waals surface area contributed by atoms with Crippen molar-refractivity contribution < 1.29 is 14.3 Å². The summed E-state index contributed by atoms with van der Waals surface area (Å²) in [4.78, 5) is 12.3. The van der Waals surface area contributed by atoms with Crippen molar-refractivity contribution in [1.29, 1.82) is 0 Å². The summed E-state index contributed by atoms with van der Waals surface area (Å²) in [5, 5.41) is 0. The van der Waals surface area contributed by atoms with Crippen molar-refractivity contribution in [2.24, 2.45) is 5.92 Å². The molecular formula is C24H24O3. The number of para-hydroxylation sites is 1. The van der Waals surface area contributed by atoms with Crippen molar-refractivity contribution in [3.05, 3.63) is 95.6 Å². The fraction of sp³-hybridized carbons (Fsp3) is 0.208. The Balaban J connectivity index is 1.59. The molecule has 138 valence electrons. The van der Waals surface area contributed by atoms with Gasteiger partial charge in [-0.1, -0.05) is 56.3 Å². The molecule has 0 saturated carbocycles. The topological polar surface area (TPSA) is 35.5 Å². The highest BCUT2D eigenvalue weighted by molar-refractivity contribution is 5.91. The molecule has 0 bridgehead atoms. The minimum absolute atomic E-state index is 0.374. The minimum atomic E-state index is -0.374. The van der Waals surface area contributed by atoms with Gasteiger partial charge < -0.3 is 9.47 Å². The van der Waals surface area contributed by atoms with Crippen molar-refractivity contribution in [2.75, 3.05) is 0 Å². The predicted molar refractivity (Wildman–Crippen MR) is 107 cm³/mol. The van der Waals surface area contributed by atoms with E-state index in [4.69, 9.17) is 9.47 Å². The van der Waals surface area contributed by atoms with Gasteiger partial charge in [0.15, 0.2) is 0 Å². The lowest BCUT2D eigenvalue weighted by Crippen LogP contribution is -2.09. The highest BCUT2D eigenvalue weighted by Gasteiger charge is 2.09. The minimum Gasteiger partial charge on any atom is -0.489 e. The maximum absolute atomic E-state index is 12.3. The first kappa shape index (κ1) is 18.7. The number of carbonyl (C=O) groups is 1. The quantitative estimate of drug-likeness (QED) is 0.401. The molecule has 0 aliphatic carbocycles. The molecule has 0 aliphatic rings. The molecule has 0 unspecified atom stereocenters. The van der Waals surface area contributed by atoms with Crippen LogP contribution in [0.15, 0.2) is 78.9 Å². The van der Waals surface area contributed by atoms with E-state index >= 15 is 0 Å². The molecule has 0 fully saturated rings. The van der Waals surface area contributed by atoms with Crippen molar-refractivity contribution in [1.82, 2.24) is 0 Å². The molecule has 3 rings (SSSR count). The van der Waals surface area contributed by atoms with Crippen LogP contribution >= 0.6 is 0 Å². The van der Waals surface area contributed by atoms with Gasteiger partial charge in [0.05, 0.1) is 5.56 Å². The van der Waals surface area contributed by atoms with Gasteiger partial charge in [-0.3, -0.25) is 0 Å². The average molecular weight is 360 g/mol. The van der Waals surface area contributed by atoms with E-state index in [2.05, 4.69) is 26.0 Å². The van der Waals surface area contributed by atoms with E-state index in [0.717, 1.165) is 17.7 Å². The Labute approximate surface area is 160 Å². The molecule has 3 heteroatoms. The van der Waals surface area contributed by atoms with E-state index in [-0.39, 0.29) is 5.97 Å². The average Bonchev–Trinajstić information content (AvgIpc) is 2.68. The SMILES string of the molecule is CC(C)Cc1ccc(OCc2cccc(C(=O)Oc3ccccc3)c2)cc1. The van der Waals surface area contributed by atoms with Gasteiger partial charge in [-0.25, -0.2) is 4.79 Å². The van der Waals surface area contributed by atoms with Crippen LogP contribution in [-0.2, 0) is 13.0 Å². The molecule has 27 heavy (non-hydrogen) atoms. The van der Waals surface area contributed by atoms with Crippen LogP contribution in [0.3, 0.4) is 0 Å². The summed E-state index contributed by atoms with van der Waals surface area (Å²) in [6, 6.07) is 24.6. The van der Waals surface area contributed by atoms with Gasteiger partial charge in [0.2, 0.25) is 0 Å². The highest BCUT2D eigenvalue weighted by Crippen LogP contribution is 2.17. The molecule has 3 nitrogen and oxygen atoms in total. The Hall–Kier alpha value is -3.07. The monoisotopic (exact) mass is 360 g/mol. The zero-order valence-electron chi connectivity index (χ0n) is 15.7. The predicted octanol–water partition coefficient (Wildman–Crippen LogP) is 5.68. The van der Waals surface area contributed by atoms with Gasteiger partial charge in [-0.15, -0.1) is 0 Å². The zero-order chi connectivity index (χ0) is 19.1.